The van der Waals surface area contributed by atoms with Crippen LogP contribution in [0.1, 0.15) is 30.4 Å². The van der Waals surface area contributed by atoms with Crippen molar-refractivity contribution >= 4 is 45.0 Å². The van der Waals surface area contributed by atoms with Gasteiger partial charge in [0.05, 0.1) is 9.82 Å². The fourth-order valence-electron chi connectivity index (χ4n) is 3.27. The zero-order valence-electron chi connectivity index (χ0n) is 16.9. The van der Waals surface area contributed by atoms with Gasteiger partial charge in [0.2, 0.25) is 15.9 Å². The van der Waals surface area contributed by atoms with Crippen molar-refractivity contribution in [3.8, 4) is 0 Å². The van der Waals surface area contributed by atoms with Crippen LogP contribution >= 0.6 is 11.6 Å². The van der Waals surface area contributed by atoms with Crippen molar-refractivity contribution in [1.29, 1.82) is 0 Å². The summed E-state index contributed by atoms with van der Waals surface area (Å²) < 4.78 is 27.3. The number of nitrogens with zero attached hydrogens (tertiary/aromatic N) is 2. The Kier molecular flexibility index (Phi) is 7.09. The number of nitrogens with one attached hydrogen (secondary N) is 1. The number of sulfonamides is 1. The first-order valence-electron chi connectivity index (χ1n) is 9.72. The summed E-state index contributed by atoms with van der Waals surface area (Å²) in [5, 5.41) is 13.7. The molecule has 0 radical (unpaired) electrons. The number of rotatable bonds is 6. The summed E-state index contributed by atoms with van der Waals surface area (Å²) in [5.41, 5.74) is 1.27. The molecule has 0 unspecified atom stereocenters. The van der Waals surface area contributed by atoms with Gasteiger partial charge >= 0.3 is 0 Å². The lowest BCUT2D eigenvalue weighted by atomic mass is 10.1. The van der Waals surface area contributed by atoms with Gasteiger partial charge in [-0.25, -0.2) is 8.42 Å². The average molecular weight is 464 g/mol. The first-order valence-corrected chi connectivity index (χ1v) is 11.5. The molecule has 10 heteroatoms. The number of nitro groups is 1. The summed E-state index contributed by atoms with van der Waals surface area (Å²) in [4.78, 5) is 22.9. The van der Waals surface area contributed by atoms with E-state index in [1.807, 2.05) is 0 Å². The van der Waals surface area contributed by atoms with Crippen LogP contribution in [0.4, 0.5) is 11.4 Å². The predicted molar refractivity (Wildman–Crippen MR) is 120 cm³/mol. The molecule has 1 amide bonds. The highest BCUT2D eigenvalue weighted by Crippen LogP contribution is 2.27. The summed E-state index contributed by atoms with van der Waals surface area (Å²) in [5.74, 6) is -0.492. The molecule has 3 rings (SSSR count). The van der Waals surface area contributed by atoms with E-state index in [-0.39, 0.29) is 15.6 Å². The van der Waals surface area contributed by atoms with Gasteiger partial charge in [0, 0.05) is 30.9 Å². The molecule has 0 saturated carbocycles. The maximum atomic E-state index is 12.9. The molecule has 1 fully saturated rings. The van der Waals surface area contributed by atoms with Crippen LogP contribution in [0.25, 0.3) is 6.08 Å². The highest BCUT2D eigenvalue weighted by molar-refractivity contribution is 7.89. The van der Waals surface area contributed by atoms with Gasteiger partial charge in [-0.05, 0) is 55.2 Å². The van der Waals surface area contributed by atoms with E-state index < -0.39 is 20.9 Å². The minimum Gasteiger partial charge on any atom is -0.322 e. The van der Waals surface area contributed by atoms with Crippen molar-refractivity contribution in [2.24, 2.45) is 0 Å². The van der Waals surface area contributed by atoms with Crippen LogP contribution in [0.15, 0.2) is 47.4 Å². The summed E-state index contributed by atoms with van der Waals surface area (Å²) in [7, 11) is -3.62. The molecule has 31 heavy (non-hydrogen) atoms. The van der Waals surface area contributed by atoms with E-state index in [2.05, 4.69) is 5.32 Å². The third-order valence-electron chi connectivity index (χ3n) is 5.01. The van der Waals surface area contributed by atoms with Gasteiger partial charge in [0.1, 0.15) is 5.02 Å². The molecule has 2 aromatic carbocycles. The highest BCUT2D eigenvalue weighted by Gasteiger charge is 2.26. The van der Waals surface area contributed by atoms with Gasteiger partial charge in [-0.3, -0.25) is 14.9 Å². The Morgan fingerprint density at radius 3 is 2.55 bits per heavy atom. The van der Waals surface area contributed by atoms with Gasteiger partial charge in [-0.15, -0.1) is 0 Å². The lowest BCUT2D eigenvalue weighted by Gasteiger charge is -2.26. The van der Waals surface area contributed by atoms with Gasteiger partial charge in [0.15, 0.2) is 0 Å². The Morgan fingerprint density at radius 2 is 1.87 bits per heavy atom. The fourth-order valence-corrected chi connectivity index (χ4v) is 5.00. The number of hydrogen-bond acceptors (Lipinski definition) is 5. The number of piperidine rings is 1. The first-order chi connectivity index (χ1) is 14.7. The third kappa shape index (κ3) is 5.49. The Labute approximate surface area is 185 Å². The molecule has 0 bridgehead atoms. The van der Waals surface area contributed by atoms with Crippen LogP contribution in [0.3, 0.4) is 0 Å². The van der Waals surface area contributed by atoms with E-state index in [0.29, 0.717) is 29.9 Å². The maximum Gasteiger partial charge on any atom is 0.288 e. The van der Waals surface area contributed by atoms with Crippen LogP contribution in [-0.4, -0.2) is 36.6 Å². The highest BCUT2D eigenvalue weighted by atomic mass is 35.5. The summed E-state index contributed by atoms with van der Waals surface area (Å²) in [6, 6.07) is 8.85. The largest absolute Gasteiger partial charge is 0.322 e. The molecule has 164 valence electrons. The van der Waals surface area contributed by atoms with Gasteiger partial charge in [-0.2, -0.15) is 4.31 Å². The van der Waals surface area contributed by atoms with Crippen molar-refractivity contribution in [1.82, 2.24) is 4.31 Å². The van der Waals surface area contributed by atoms with Crippen LogP contribution in [0, 0.1) is 17.0 Å². The van der Waals surface area contributed by atoms with Crippen molar-refractivity contribution in [3.63, 3.8) is 0 Å². The molecule has 2 aromatic rings. The van der Waals surface area contributed by atoms with E-state index in [0.717, 1.165) is 19.3 Å². The minimum absolute atomic E-state index is 0.00829. The molecule has 1 N–H and O–H groups in total. The van der Waals surface area contributed by atoms with Crippen LogP contribution < -0.4 is 5.32 Å². The van der Waals surface area contributed by atoms with E-state index in [1.165, 1.54) is 40.7 Å². The first kappa shape index (κ1) is 22.9. The number of benzene rings is 2. The summed E-state index contributed by atoms with van der Waals surface area (Å²) in [6.45, 7) is 2.75. The molecule has 0 aromatic heterocycles. The molecule has 0 aliphatic carbocycles. The fraction of sp³-hybridized carbons (Fsp3) is 0.286. The maximum absolute atomic E-state index is 12.9. The van der Waals surface area contributed by atoms with E-state index >= 15 is 0 Å². The lowest BCUT2D eigenvalue weighted by Crippen LogP contribution is -2.35. The Hall–Kier alpha value is -2.75. The van der Waals surface area contributed by atoms with Crippen LogP contribution in [0.2, 0.25) is 5.02 Å². The number of hydrogen-bond donors (Lipinski definition) is 1. The third-order valence-corrected chi connectivity index (χ3v) is 7.23. The van der Waals surface area contributed by atoms with E-state index in [1.54, 1.807) is 19.1 Å². The Balaban J connectivity index is 1.77. The van der Waals surface area contributed by atoms with Crippen LogP contribution in [-0.2, 0) is 14.8 Å². The smallest absolute Gasteiger partial charge is 0.288 e. The second-order valence-electron chi connectivity index (χ2n) is 7.23. The number of amides is 1. The summed E-state index contributed by atoms with van der Waals surface area (Å²) in [6.07, 6.45) is 5.33. The number of carbonyl (C=O) groups excluding carboxylic acids is 1. The number of halogens is 1. The molecular formula is C21H22ClN3O5S. The van der Waals surface area contributed by atoms with Crippen LogP contribution in [0.5, 0.6) is 0 Å². The molecular weight excluding hydrogens is 442 g/mol. The summed E-state index contributed by atoms with van der Waals surface area (Å²) >= 11 is 5.79. The normalized spacial score (nSPS) is 15.2. The van der Waals surface area contributed by atoms with E-state index in [4.69, 9.17) is 11.6 Å². The topological polar surface area (TPSA) is 110 Å². The number of carbonyl (C=O) groups is 1. The number of aryl methyl sites for hydroxylation is 1. The molecule has 1 aliphatic heterocycles. The standard InChI is InChI=1S/C21H22ClN3O5S/c1-15-5-8-17(31(29,30)24-11-3-2-4-12-24)14-19(15)23-21(26)10-7-16-6-9-18(22)20(13-16)25(27)28/h5-10,13-14H,2-4,11-12H2,1H3,(H,23,26)/b10-7+. The average Bonchev–Trinajstić information content (AvgIpc) is 2.75. The molecule has 1 heterocycles. The van der Waals surface area contributed by atoms with E-state index in [9.17, 15) is 23.3 Å². The molecule has 1 aliphatic rings. The lowest BCUT2D eigenvalue weighted by molar-refractivity contribution is -0.384. The van der Waals surface area contributed by atoms with Crippen molar-refractivity contribution < 1.29 is 18.1 Å². The van der Waals surface area contributed by atoms with Gasteiger partial charge in [-0.1, -0.05) is 30.2 Å². The molecule has 0 atom stereocenters. The second kappa shape index (κ2) is 9.59. The molecule has 1 saturated heterocycles. The van der Waals surface area contributed by atoms with Gasteiger partial charge in [0.25, 0.3) is 5.69 Å². The Bertz CT molecular complexity index is 1140. The number of anilines is 1. The predicted octanol–water partition coefficient (Wildman–Crippen LogP) is 4.38. The van der Waals surface area contributed by atoms with Crippen molar-refractivity contribution in [2.75, 3.05) is 18.4 Å². The van der Waals surface area contributed by atoms with Gasteiger partial charge < -0.3 is 5.32 Å². The Morgan fingerprint density at radius 1 is 1.16 bits per heavy atom. The van der Waals surface area contributed by atoms with Crippen molar-refractivity contribution in [3.05, 3.63) is 68.7 Å². The quantitative estimate of drug-likeness (QED) is 0.388. The molecule has 8 nitrogen and oxygen atoms in total. The minimum atomic E-state index is -3.62. The second-order valence-corrected chi connectivity index (χ2v) is 9.58. The van der Waals surface area contributed by atoms with Crippen molar-refractivity contribution in [2.45, 2.75) is 31.1 Å². The zero-order valence-corrected chi connectivity index (χ0v) is 18.4. The number of nitro benzene ring substituents is 1. The SMILES string of the molecule is Cc1ccc(S(=O)(=O)N2CCCCC2)cc1NC(=O)/C=C/c1ccc(Cl)c([N+](=O)[O-])c1. The zero-order chi connectivity index (χ0) is 22.6. The molecule has 0 spiro atoms. The monoisotopic (exact) mass is 463 g/mol.